The highest BCUT2D eigenvalue weighted by Crippen LogP contribution is 2.21. The summed E-state index contributed by atoms with van der Waals surface area (Å²) in [6.07, 6.45) is 5.08. The zero-order valence-corrected chi connectivity index (χ0v) is 13.4. The Balaban J connectivity index is 1.99. The summed E-state index contributed by atoms with van der Waals surface area (Å²) in [5.74, 6) is 0.509. The van der Waals surface area contributed by atoms with Crippen molar-refractivity contribution in [3.63, 3.8) is 0 Å². The van der Waals surface area contributed by atoms with Crippen molar-refractivity contribution in [2.45, 2.75) is 26.2 Å². The zero-order valence-electron chi connectivity index (χ0n) is 12.6. The van der Waals surface area contributed by atoms with E-state index in [1.54, 1.807) is 30.5 Å². The summed E-state index contributed by atoms with van der Waals surface area (Å²) < 4.78 is 0. The van der Waals surface area contributed by atoms with Crippen molar-refractivity contribution in [1.29, 1.82) is 0 Å². The van der Waals surface area contributed by atoms with E-state index in [0.717, 1.165) is 13.0 Å². The van der Waals surface area contributed by atoms with Crippen molar-refractivity contribution >= 4 is 29.0 Å². The molecule has 0 saturated heterocycles. The third-order valence-corrected chi connectivity index (χ3v) is 3.56. The summed E-state index contributed by atoms with van der Waals surface area (Å²) in [5.41, 5.74) is 1.15. The SMILES string of the molecule is CCCCCNc1cc(C(=O)Nc2ccccc2Cl)ccn1. The molecule has 4 nitrogen and oxygen atoms in total. The molecule has 1 heterocycles. The number of para-hydroxylation sites is 1. The maximum absolute atomic E-state index is 12.3. The van der Waals surface area contributed by atoms with Gasteiger partial charge in [0.05, 0.1) is 10.7 Å². The van der Waals surface area contributed by atoms with Gasteiger partial charge in [-0.05, 0) is 30.7 Å². The number of hydrogen-bond acceptors (Lipinski definition) is 3. The van der Waals surface area contributed by atoms with Crippen LogP contribution in [0, 0.1) is 0 Å². The molecule has 5 heteroatoms. The highest BCUT2D eigenvalue weighted by Gasteiger charge is 2.09. The lowest BCUT2D eigenvalue weighted by molar-refractivity contribution is 0.102. The average molecular weight is 318 g/mol. The molecular formula is C17H20ClN3O. The van der Waals surface area contributed by atoms with Gasteiger partial charge in [0.15, 0.2) is 0 Å². The first-order valence-electron chi connectivity index (χ1n) is 7.46. The van der Waals surface area contributed by atoms with Crippen molar-refractivity contribution in [1.82, 2.24) is 4.98 Å². The molecule has 0 aliphatic carbocycles. The van der Waals surface area contributed by atoms with Gasteiger partial charge >= 0.3 is 0 Å². The molecule has 0 unspecified atom stereocenters. The van der Waals surface area contributed by atoms with Gasteiger partial charge in [0.1, 0.15) is 5.82 Å². The monoisotopic (exact) mass is 317 g/mol. The first-order valence-corrected chi connectivity index (χ1v) is 7.84. The van der Waals surface area contributed by atoms with E-state index in [9.17, 15) is 4.79 Å². The van der Waals surface area contributed by atoms with Crippen LogP contribution in [0.2, 0.25) is 5.02 Å². The fraction of sp³-hybridized carbons (Fsp3) is 0.294. The molecule has 0 atom stereocenters. The predicted octanol–water partition coefficient (Wildman–Crippen LogP) is 4.59. The number of pyridine rings is 1. The fourth-order valence-corrected chi connectivity index (χ4v) is 2.20. The lowest BCUT2D eigenvalue weighted by Crippen LogP contribution is -2.13. The average Bonchev–Trinajstić information content (AvgIpc) is 2.54. The minimum atomic E-state index is -0.202. The van der Waals surface area contributed by atoms with Gasteiger partial charge in [0.2, 0.25) is 0 Å². The number of benzene rings is 1. The predicted molar refractivity (Wildman–Crippen MR) is 91.7 cm³/mol. The lowest BCUT2D eigenvalue weighted by Gasteiger charge is -2.09. The van der Waals surface area contributed by atoms with Crippen LogP contribution in [0.25, 0.3) is 0 Å². The molecule has 0 bridgehead atoms. The number of nitrogens with zero attached hydrogens (tertiary/aromatic N) is 1. The molecule has 2 rings (SSSR count). The summed E-state index contributed by atoms with van der Waals surface area (Å²) >= 11 is 6.05. The van der Waals surface area contributed by atoms with E-state index in [2.05, 4.69) is 22.5 Å². The third-order valence-electron chi connectivity index (χ3n) is 3.23. The number of unbranched alkanes of at least 4 members (excludes halogenated alkanes) is 2. The molecule has 0 aliphatic rings. The Morgan fingerprint density at radius 3 is 2.82 bits per heavy atom. The van der Waals surface area contributed by atoms with Crippen LogP contribution in [0.15, 0.2) is 42.6 Å². The second-order valence-electron chi connectivity index (χ2n) is 5.00. The summed E-state index contributed by atoms with van der Waals surface area (Å²) in [7, 11) is 0. The summed E-state index contributed by atoms with van der Waals surface area (Å²) in [4.78, 5) is 16.5. The van der Waals surface area contributed by atoms with Crippen molar-refractivity contribution in [2.24, 2.45) is 0 Å². The molecule has 22 heavy (non-hydrogen) atoms. The normalized spacial score (nSPS) is 10.3. The fourth-order valence-electron chi connectivity index (χ4n) is 2.02. The van der Waals surface area contributed by atoms with Gasteiger partial charge in [-0.1, -0.05) is 43.5 Å². The second kappa shape index (κ2) is 8.39. The number of carbonyl (C=O) groups excluding carboxylic acids is 1. The van der Waals surface area contributed by atoms with Gasteiger partial charge in [-0.25, -0.2) is 4.98 Å². The Labute approximate surface area is 135 Å². The van der Waals surface area contributed by atoms with E-state index in [0.29, 0.717) is 22.1 Å². The lowest BCUT2D eigenvalue weighted by atomic mass is 10.2. The number of halogens is 1. The molecule has 0 aliphatic heterocycles. The van der Waals surface area contributed by atoms with Crippen molar-refractivity contribution in [2.75, 3.05) is 17.2 Å². The number of carbonyl (C=O) groups is 1. The van der Waals surface area contributed by atoms with E-state index >= 15 is 0 Å². The molecule has 116 valence electrons. The van der Waals surface area contributed by atoms with E-state index in [1.165, 1.54) is 12.8 Å². The molecule has 1 aromatic carbocycles. The van der Waals surface area contributed by atoms with E-state index in [1.807, 2.05) is 12.1 Å². The first kappa shape index (κ1) is 16.3. The first-order chi connectivity index (χ1) is 10.7. The Kier molecular flexibility index (Phi) is 6.22. The molecule has 2 aromatic rings. The van der Waals surface area contributed by atoms with Crippen molar-refractivity contribution in [3.05, 3.63) is 53.2 Å². The minimum absolute atomic E-state index is 0.202. The van der Waals surface area contributed by atoms with Gasteiger partial charge in [0.25, 0.3) is 5.91 Å². The number of hydrogen-bond donors (Lipinski definition) is 2. The number of anilines is 2. The highest BCUT2D eigenvalue weighted by molar-refractivity contribution is 6.33. The molecule has 0 saturated carbocycles. The molecule has 0 fully saturated rings. The van der Waals surface area contributed by atoms with Crippen molar-refractivity contribution in [3.8, 4) is 0 Å². The molecule has 2 N–H and O–H groups in total. The largest absolute Gasteiger partial charge is 0.370 e. The number of nitrogens with one attached hydrogen (secondary N) is 2. The molecule has 1 aromatic heterocycles. The smallest absolute Gasteiger partial charge is 0.255 e. The molecule has 0 spiro atoms. The topological polar surface area (TPSA) is 54.0 Å². The van der Waals surface area contributed by atoms with Crippen LogP contribution in [0.4, 0.5) is 11.5 Å². The minimum Gasteiger partial charge on any atom is -0.370 e. The number of amides is 1. The van der Waals surface area contributed by atoms with Crippen LogP contribution in [0.1, 0.15) is 36.5 Å². The summed E-state index contributed by atoms with van der Waals surface area (Å²) in [6, 6.07) is 10.6. The number of rotatable bonds is 7. The zero-order chi connectivity index (χ0) is 15.8. The van der Waals surface area contributed by atoms with Gasteiger partial charge in [-0.3, -0.25) is 4.79 Å². The van der Waals surface area contributed by atoms with Gasteiger partial charge in [-0.15, -0.1) is 0 Å². The van der Waals surface area contributed by atoms with Crippen LogP contribution in [-0.2, 0) is 0 Å². The van der Waals surface area contributed by atoms with E-state index < -0.39 is 0 Å². The van der Waals surface area contributed by atoms with Crippen LogP contribution < -0.4 is 10.6 Å². The maximum Gasteiger partial charge on any atom is 0.255 e. The van der Waals surface area contributed by atoms with E-state index in [-0.39, 0.29) is 5.91 Å². The van der Waals surface area contributed by atoms with Crippen LogP contribution in [-0.4, -0.2) is 17.4 Å². The number of aromatic nitrogens is 1. The van der Waals surface area contributed by atoms with Crippen LogP contribution in [0.3, 0.4) is 0 Å². The van der Waals surface area contributed by atoms with Crippen molar-refractivity contribution < 1.29 is 4.79 Å². The third kappa shape index (κ3) is 4.74. The molecular weight excluding hydrogens is 298 g/mol. The van der Waals surface area contributed by atoms with Crippen LogP contribution in [0.5, 0.6) is 0 Å². The van der Waals surface area contributed by atoms with Crippen LogP contribution >= 0.6 is 11.6 Å². The van der Waals surface area contributed by atoms with Gasteiger partial charge < -0.3 is 10.6 Å². The second-order valence-corrected chi connectivity index (χ2v) is 5.40. The van der Waals surface area contributed by atoms with Gasteiger partial charge in [0, 0.05) is 18.3 Å². The summed E-state index contributed by atoms with van der Waals surface area (Å²) in [6.45, 7) is 3.02. The summed E-state index contributed by atoms with van der Waals surface area (Å²) in [5, 5.41) is 6.55. The standard InChI is InChI=1S/C17H20ClN3O/c1-2-3-6-10-19-16-12-13(9-11-20-16)17(22)21-15-8-5-4-7-14(15)18/h4-5,7-9,11-12H,2-3,6,10H2,1H3,(H,19,20)(H,21,22). The Bertz CT molecular complexity index is 631. The highest BCUT2D eigenvalue weighted by atomic mass is 35.5. The Hall–Kier alpha value is -2.07. The maximum atomic E-state index is 12.3. The Morgan fingerprint density at radius 1 is 1.23 bits per heavy atom. The molecule has 0 radical (unpaired) electrons. The van der Waals surface area contributed by atoms with Gasteiger partial charge in [-0.2, -0.15) is 0 Å². The quantitative estimate of drug-likeness (QED) is 0.734. The molecule has 1 amide bonds. The Morgan fingerprint density at radius 2 is 2.05 bits per heavy atom. The van der Waals surface area contributed by atoms with E-state index in [4.69, 9.17) is 11.6 Å².